The maximum absolute atomic E-state index is 12.8. The Kier molecular flexibility index (Phi) is 8.57. The number of carbonyl (C=O) groups is 1. The van der Waals surface area contributed by atoms with Crippen LogP contribution in [-0.2, 0) is 24.1 Å². The molecule has 0 heterocycles. The van der Waals surface area contributed by atoms with Gasteiger partial charge in [0.25, 0.3) is 0 Å². The maximum atomic E-state index is 12.8. The van der Waals surface area contributed by atoms with Crippen LogP contribution in [0.4, 0.5) is 0 Å². The standard InChI is InChI=1S/3C10H13.C2H4O2.Sn/c3*1-10(2,3)9-7-5-4-6-8-9;1-2(3)4;/h3*4-8H,1H2,2-3H3;1H3,(H,3,4);/q;;;;+1/p-1. The van der Waals surface area contributed by atoms with Crippen molar-refractivity contribution in [2.45, 2.75) is 78.0 Å². The van der Waals surface area contributed by atoms with Crippen LogP contribution in [0.25, 0.3) is 0 Å². The fourth-order valence-electron chi connectivity index (χ4n) is 5.99. The SMILES string of the molecule is CC(=O)[O][Sn]([CH2]C(C)(C)c1ccccc1)([CH2]C(C)(C)c1ccccc1)[CH2]C(C)(C)c1ccccc1. The molecule has 0 bridgehead atoms. The van der Waals surface area contributed by atoms with Crippen molar-refractivity contribution >= 4 is 24.8 Å². The molecule has 3 heteroatoms. The molecule has 0 spiro atoms. The fourth-order valence-corrected chi connectivity index (χ4v) is 25.0. The zero-order chi connectivity index (χ0) is 25.7. The molecule has 3 aromatic rings. The second-order valence-electron chi connectivity index (χ2n) is 12.1. The molecule has 0 unspecified atom stereocenters. The van der Waals surface area contributed by atoms with E-state index in [1.54, 1.807) is 6.92 Å². The summed E-state index contributed by atoms with van der Waals surface area (Å²) in [6.45, 7) is 15.5. The molecule has 0 aliphatic carbocycles. The van der Waals surface area contributed by atoms with Crippen LogP contribution >= 0.6 is 0 Å². The molecule has 0 saturated heterocycles. The molecular weight excluding hydrogens is 535 g/mol. The molecule has 0 N–H and O–H groups in total. The summed E-state index contributed by atoms with van der Waals surface area (Å²) in [5.74, 6) is -0.127. The first kappa shape index (κ1) is 27.5. The molecule has 0 saturated carbocycles. The Morgan fingerprint density at radius 2 is 0.829 bits per heavy atom. The average Bonchev–Trinajstić information content (AvgIpc) is 2.79. The van der Waals surface area contributed by atoms with Gasteiger partial charge >= 0.3 is 218 Å². The van der Waals surface area contributed by atoms with Crippen molar-refractivity contribution in [1.82, 2.24) is 0 Å². The minimum absolute atomic E-state index is 0.0909. The Hall–Kier alpha value is -2.07. The van der Waals surface area contributed by atoms with Crippen molar-refractivity contribution in [1.29, 1.82) is 0 Å². The van der Waals surface area contributed by atoms with Gasteiger partial charge in [0.1, 0.15) is 0 Å². The van der Waals surface area contributed by atoms with E-state index in [-0.39, 0.29) is 22.2 Å². The van der Waals surface area contributed by atoms with Gasteiger partial charge in [-0.15, -0.1) is 0 Å². The summed E-state index contributed by atoms with van der Waals surface area (Å²) in [5.41, 5.74) is 3.65. The predicted octanol–water partition coefficient (Wildman–Crippen LogP) is 8.43. The van der Waals surface area contributed by atoms with E-state index in [0.717, 1.165) is 13.3 Å². The number of rotatable bonds is 10. The topological polar surface area (TPSA) is 26.3 Å². The van der Waals surface area contributed by atoms with Crippen molar-refractivity contribution in [3.8, 4) is 0 Å². The summed E-state index contributed by atoms with van der Waals surface area (Å²) >= 11 is -3.69. The first-order valence-corrected chi connectivity index (χ1v) is 19.9. The number of hydrogen-bond donors (Lipinski definition) is 0. The van der Waals surface area contributed by atoms with Crippen LogP contribution in [0.1, 0.15) is 65.2 Å². The Morgan fingerprint density at radius 3 is 1.06 bits per heavy atom. The van der Waals surface area contributed by atoms with Crippen molar-refractivity contribution in [3.05, 3.63) is 108 Å². The van der Waals surface area contributed by atoms with Crippen LogP contribution in [0.2, 0.25) is 13.3 Å². The zero-order valence-corrected chi connectivity index (χ0v) is 25.5. The first-order valence-electron chi connectivity index (χ1n) is 12.7. The van der Waals surface area contributed by atoms with Gasteiger partial charge in [0.15, 0.2) is 0 Å². The normalized spacial score (nSPS) is 12.9. The van der Waals surface area contributed by atoms with Gasteiger partial charge in [0.2, 0.25) is 0 Å². The summed E-state index contributed by atoms with van der Waals surface area (Å²) in [6, 6.07) is 32.2. The number of carbonyl (C=O) groups excluding carboxylic acids is 1. The van der Waals surface area contributed by atoms with Crippen LogP contribution in [0.3, 0.4) is 0 Å². The van der Waals surface area contributed by atoms with Crippen LogP contribution in [0, 0.1) is 0 Å². The van der Waals surface area contributed by atoms with E-state index in [1.165, 1.54) is 16.7 Å². The molecule has 3 aromatic carbocycles. The van der Waals surface area contributed by atoms with Gasteiger partial charge in [-0.05, 0) is 0 Å². The molecule has 0 aliphatic rings. The van der Waals surface area contributed by atoms with Crippen LogP contribution in [-0.4, -0.2) is 24.8 Å². The van der Waals surface area contributed by atoms with Crippen molar-refractivity contribution in [3.63, 3.8) is 0 Å². The van der Waals surface area contributed by atoms with E-state index >= 15 is 0 Å². The monoisotopic (exact) mass is 578 g/mol. The summed E-state index contributed by atoms with van der Waals surface area (Å²) in [7, 11) is 0. The van der Waals surface area contributed by atoms with Gasteiger partial charge in [0.05, 0.1) is 0 Å². The zero-order valence-electron chi connectivity index (χ0n) is 22.6. The van der Waals surface area contributed by atoms with Gasteiger partial charge in [0, 0.05) is 0 Å². The van der Waals surface area contributed by atoms with E-state index in [1.807, 2.05) is 0 Å². The molecule has 0 amide bonds. The Labute approximate surface area is 217 Å². The second-order valence-corrected chi connectivity index (χ2v) is 22.4. The second kappa shape index (κ2) is 10.9. The van der Waals surface area contributed by atoms with Crippen LogP contribution in [0.15, 0.2) is 91.0 Å². The third kappa shape index (κ3) is 7.22. The van der Waals surface area contributed by atoms with Crippen LogP contribution in [0.5, 0.6) is 0 Å². The summed E-state index contributed by atoms with van der Waals surface area (Å²) in [4.78, 5) is 12.8. The van der Waals surface area contributed by atoms with E-state index < -0.39 is 18.8 Å². The quantitative estimate of drug-likeness (QED) is 0.226. The third-order valence-electron chi connectivity index (χ3n) is 7.32. The molecule has 0 fully saturated rings. The number of hydrogen-bond acceptors (Lipinski definition) is 2. The molecule has 0 aromatic heterocycles. The van der Waals surface area contributed by atoms with Gasteiger partial charge in [-0.2, -0.15) is 0 Å². The average molecular weight is 577 g/mol. The van der Waals surface area contributed by atoms with Gasteiger partial charge in [-0.3, -0.25) is 0 Å². The molecule has 0 radical (unpaired) electrons. The molecule has 0 atom stereocenters. The first-order chi connectivity index (χ1) is 16.4. The Bertz CT molecular complexity index is 956. The molecule has 3 rings (SSSR count). The van der Waals surface area contributed by atoms with Gasteiger partial charge in [-0.1, -0.05) is 0 Å². The van der Waals surface area contributed by atoms with Crippen molar-refractivity contribution in [2.24, 2.45) is 0 Å². The molecular formula is C32H42O2Sn. The van der Waals surface area contributed by atoms with Crippen LogP contribution < -0.4 is 0 Å². The van der Waals surface area contributed by atoms with Gasteiger partial charge < -0.3 is 0 Å². The third-order valence-corrected chi connectivity index (χ3v) is 22.5. The summed E-state index contributed by atoms with van der Waals surface area (Å²) in [5, 5.41) is 0. The molecule has 2 nitrogen and oxygen atoms in total. The van der Waals surface area contributed by atoms with Gasteiger partial charge in [-0.25, -0.2) is 0 Å². The summed E-state index contributed by atoms with van der Waals surface area (Å²) in [6.07, 6.45) is 0. The van der Waals surface area contributed by atoms with Crippen molar-refractivity contribution in [2.75, 3.05) is 0 Å². The molecule has 35 heavy (non-hydrogen) atoms. The fraction of sp³-hybridized carbons (Fsp3) is 0.406. The van der Waals surface area contributed by atoms with E-state index in [0.29, 0.717) is 0 Å². The minimum atomic E-state index is -3.69. The van der Waals surface area contributed by atoms with Crippen molar-refractivity contribution < 1.29 is 7.87 Å². The Morgan fingerprint density at radius 1 is 0.571 bits per heavy atom. The predicted molar refractivity (Wildman–Crippen MR) is 150 cm³/mol. The Balaban J connectivity index is 2.12. The van der Waals surface area contributed by atoms with E-state index in [9.17, 15) is 4.79 Å². The number of benzene rings is 3. The van der Waals surface area contributed by atoms with E-state index in [2.05, 4.69) is 133 Å². The molecule has 186 valence electrons. The summed E-state index contributed by atoms with van der Waals surface area (Å²) < 4.78 is 9.51. The van der Waals surface area contributed by atoms with E-state index in [4.69, 9.17) is 3.07 Å². The molecule has 0 aliphatic heterocycles.